The molecule has 6 aromatic heterocycles. The maximum atomic E-state index is 8.21. The lowest BCUT2D eigenvalue weighted by Crippen LogP contribution is -1.96. The highest BCUT2D eigenvalue weighted by molar-refractivity contribution is 6.31. The van der Waals surface area contributed by atoms with E-state index in [1.165, 1.54) is 26.9 Å². The molecule has 128 heavy (non-hydrogen) atoms. The van der Waals surface area contributed by atoms with Gasteiger partial charge in [0.2, 0.25) is 31.7 Å². The van der Waals surface area contributed by atoms with E-state index in [9.17, 15) is 0 Å². The van der Waals surface area contributed by atoms with Crippen LogP contribution in [0.25, 0.3) is 198 Å². The maximum Gasteiger partial charge on any atom is 0.226 e. The van der Waals surface area contributed by atoms with Crippen molar-refractivity contribution in [2.45, 2.75) is 0 Å². The van der Waals surface area contributed by atoms with Gasteiger partial charge in [-0.05, 0) is 154 Å². The second-order valence-electron chi connectivity index (χ2n) is 29.3. The quantitative estimate of drug-likeness (QED) is 0.109. The molecule has 18 aromatic carbocycles. The Balaban J connectivity index is 0.000000103. The van der Waals surface area contributed by atoms with Crippen molar-refractivity contribution in [3.05, 3.63) is 438 Å². The molecule has 24 rings (SSSR count). The summed E-state index contributed by atoms with van der Waals surface area (Å²) in [7, 11) is 0. The Morgan fingerprint density at radius 2 is 0.469 bits per heavy atom. The molecule has 0 aliphatic heterocycles. The largest absolute Gasteiger partial charge is 0.226 e. The highest BCUT2D eigenvalue weighted by Gasteiger charge is 2.19. The number of hydrogen-bond acceptors (Lipinski definition) is 13. The van der Waals surface area contributed by atoms with Gasteiger partial charge in [-0.3, -0.25) is 0 Å². The molecule has 0 fully saturated rings. The van der Waals surface area contributed by atoms with Crippen LogP contribution in [0, 0.1) is 0 Å². The summed E-state index contributed by atoms with van der Waals surface area (Å²) >= 11 is 36.7. The summed E-state index contributed by atoms with van der Waals surface area (Å²) in [5, 5.41) is 19.3. The van der Waals surface area contributed by atoms with Gasteiger partial charge in [-0.1, -0.05) is 370 Å². The maximum absolute atomic E-state index is 8.21. The van der Waals surface area contributed by atoms with E-state index in [2.05, 4.69) is 198 Å². The van der Waals surface area contributed by atoms with Crippen LogP contribution in [0.4, 0.5) is 0 Å². The lowest BCUT2D eigenvalue weighted by atomic mass is 9.98. The predicted molar refractivity (Wildman–Crippen MR) is 531 cm³/mol. The molecule has 0 spiro atoms. The monoisotopic (exact) mass is 1770 g/mol. The Morgan fingerprint density at radius 1 is 0.172 bits per heavy atom. The summed E-state index contributed by atoms with van der Waals surface area (Å²) in [5.74, 6) is 1.17. The van der Waals surface area contributed by atoms with Crippen LogP contribution in [0.3, 0.4) is 0 Å². The smallest absolute Gasteiger partial charge is 0.218 e. The number of rotatable bonds is 7. The molecule has 0 aliphatic carbocycles. The fourth-order valence-electron chi connectivity index (χ4n) is 15.6. The van der Waals surface area contributed by atoms with E-state index in [1.807, 2.05) is 237 Å². The molecular formula is C109H67Cl6N13. The first kappa shape index (κ1) is 76.6. The summed E-state index contributed by atoms with van der Waals surface area (Å²) in [6.45, 7) is 0. The molecule has 0 bridgehead atoms. The molecule has 0 unspecified atom stereocenters. The van der Waals surface area contributed by atoms with Gasteiger partial charge in [0.15, 0.2) is 11.6 Å². The van der Waals surface area contributed by atoms with Gasteiger partial charge in [0.1, 0.15) is 0 Å². The molecule has 0 atom stereocenters. The second-order valence-corrected chi connectivity index (χ2v) is 31.3. The topological polar surface area (TPSA) is 168 Å². The van der Waals surface area contributed by atoms with E-state index in [4.69, 9.17) is 76.5 Å². The van der Waals surface area contributed by atoms with Gasteiger partial charge < -0.3 is 0 Å². The third kappa shape index (κ3) is 18.0. The van der Waals surface area contributed by atoms with Gasteiger partial charge in [0, 0.05) is 82.0 Å². The van der Waals surface area contributed by atoms with Crippen LogP contribution in [0.5, 0.6) is 0 Å². The lowest BCUT2D eigenvalue weighted by molar-refractivity contribution is 1.07. The van der Waals surface area contributed by atoms with Crippen molar-refractivity contribution in [3.8, 4) is 79.1 Å². The number of benzene rings is 18. The minimum atomic E-state index is -0.446. The summed E-state index contributed by atoms with van der Waals surface area (Å²) in [6.07, 6.45) is 0. The number of fused-ring (bicyclic) bond motifs is 14. The summed E-state index contributed by atoms with van der Waals surface area (Å²) < 4.78 is 40.0. The molecule has 0 radical (unpaired) electrons. The SMILES string of the molecule is Clc1nc(-c2ccc3ccccc3c2)c2ccccc2n1.Clc1nc(-c2cccc3ccccc23)c2ccc3ccccc3c2n1.Clc1nc(-c2cccc3ccccc23)c2ccccc2n1.Clc1nc(-c2ccccc2)c2ccc3ccccc3c2n1.Clc1nc(-c2ccccc2)nc(-c2ccccc2)n1.[2H]c1c([2H])c([2H])c(-c2nc(Cl)nc3c2ccc2ccccc23)c([2H])c1[2H]. The zero-order valence-electron chi connectivity index (χ0n) is 72.4. The van der Waals surface area contributed by atoms with Crippen molar-refractivity contribution < 1.29 is 6.85 Å². The molecule has 13 nitrogen and oxygen atoms in total. The van der Waals surface area contributed by atoms with E-state index in [1.54, 1.807) is 6.07 Å². The fourth-order valence-corrected chi connectivity index (χ4v) is 16.6. The minimum Gasteiger partial charge on any atom is -0.218 e. The van der Waals surface area contributed by atoms with Crippen LogP contribution in [0.2, 0.25) is 31.7 Å². The summed E-state index contributed by atoms with van der Waals surface area (Å²) in [5.41, 5.74) is 13.9. The second kappa shape index (κ2) is 37.8. The Kier molecular flexibility index (Phi) is 22.6. The highest BCUT2D eigenvalue weighted by atomic mass is 35.5. The number of hydrogen-bond donors (Lipinski definition) is 0. The van der Waals surface area contributed by atoms with Gasteiger partial charge in [0.05, 0.1) is 62.9 Å². The molecule has 19 heteroatoms. The average molecular weight is 1780 g/mol. The summed E-state index contributed by atoms with van der Waals surface area (Å²) in [4.78, 5) is 56.8. The van der Waals surface area contributed by atoms with Crippen molar-refractivity contribution >= 4 is 189 Å². The molecule has 24 aromatic rings. The molecular weight excluding hydrogens is 1700 g/mol. The molecule has 6 heterocycles. The van der Waals surface area contributed by atoms with Crippen LogP contribution in [-0.2, 0) is 0 Å². The zero-order valence-corrected chi connectivity index (χ0v) is 71.9. The first-order valence-electron chi connectivity index (χ1n) is 43.0. The molecule has 0 aliphatic rings. The van der Waals surface area contributed by atoms with Crippen LogP contribution in [-0.4, -0.2) is 64.8 Å². The van der Waals surface area contributed by atoms with Crippen LogP contribution in [0.1, 0.15) is 6.85 Å². The fraction of sp³-hybridized carbons (Fsp3) is 0. The number of aromatic nitrogens is 13. The number of para-hydroxylation sites is 2. The first-order chi connectivity index (χ1) is 65.0. The molecule has 0 saturated heterocycles. The van der Waals surface area contributed by atoms with Gasteiger partial charge in [-0.2, -0.15) is 9.97 Å². The van der Waals surface area contributed by atoms with E-state index in [-0.39, 0.29) is 55.0 Å². The van der Waals surface area contributed by atoms with E-state index in [0.29, 0.717) is 22.6 Å². The Hall–Kier alpha value is -15.0. The van der Waals surface area contributed by atoms with Crippen LogP contribution in [0.15, 0.2) is 406 Å². The molecule has 610 valence electrons. The normalized spacial score (nSPS) is 11.6. The van der Waals surface area contributed by atoms with Gasteiger partial charge >= 0.3 is 0 Å². The van der Waals surface area contributed by atoms with Crippen molar-refractivity contribution in [3.63, 3.8) is 0 Å². The van der Waals surface area contributed by atoms with Crippen molar-refractivity contribution in [2.24, 2.45) is 0 Å². The van der Waals surface area contributed by atoms with Gasteiger partial charge in [-0.15, -0.1) is 0 Å². The van der Waals surface area contributed by atoms with E-state index >= 15 is 0 Å². The third-order valence-electron chi connectivity index (χ3n) is 21.4. The van der Waals surface area contributed by atoms with Crippen molar-refractivity contribution in [1.82, 2.24) is 64.8 Å². The Bertz CT molecular complexity index is 8500. The van der Waals surface area contributed by atoms with Crippen LogP contribution >= 0.6 is 69.6 Å². The Morgan fingerprint density at radius 3 is 0.914 bits per heavy atom. The van der Waals surface area contributed by atoms with Crippen molar-refractivity contribution in [1.29, 1.82) is 0 Å². The number of nitrogens with zero attached hydrogens (tertiary/aromatic N) is 13. The van der Waals surface area contributed by atoms with Gasteiger partial charge in [0.25, 0.3) is 0 Å². The average Bonchev–Trinajstić information content (AvgIpc) is 0.749. The van der Waals surface area contributed by atoms with Crippen LogP contribution < -0.4 is 0 Å². The summed E-state index contributed by atoms with van der Waals surface area (Å²) in [6, 6.07) is 123. The molecule has 0 N–H and O–H groups in total. The predicted octanol–water partition coefficient (Wildman–Crippen LogP) is 30.5. The third-order valence-corrected chi connectivity index (χ3v) is 22.4. The van der Waals surface area contributed by atoms with Crippen molar-refractivity contribution in [2.75, 3.05) is 0 Å². The number of halogens is 6. The standard InChI is InChI=1S/C22H13ClN2.4C18H11ClN2.C15H10ClN3/c23-22-24-20-17-10-4-2-7-15(17)12-13-19(20)21(25-22)18-11-5-8-14-6-1-3-9-16(14)18;19-18-20-16-11-4-3-9-15(16)17(21-18)14-10-5-7-12-6-1-2-8-13(12)14;19-18-20-16-8-4-3-7-15(16)17(21-18)14-10-9-12-5-1-2-6-13(12)11-14;2*19-18-20-16(13-7-2-1-3-8-13)15-11-10-12-6-4-5-9-14(12)17(15)21-18;16-15-18-13(11-7-3-1-4-8-11)17-14(19-15)12-9-5-2-6-10-12/h1-13H;4*1-11H;1-10H/i;;;1D,2D,3D,7D,8D;;. The van der Waals surface area contributed by atoms with Gasteiger partial charge in [-0.25, -0.2) is 54.8 Å². The minimum absolute atomic E-state index is 0.0144. The lowest BCUT2D eigenvalue weighted by Gasteiger charge is -2.11. The zero-order chi connectivity index (χ0) is 91.2. The molecule has 0 saturated carbocycles. The van der Waals surface area contributed by atoms with E-state index < -0.39 is 18.1 Å². The Labute approximate surface area is 771 Å². The van der Waals surface area contributed by atoms with E-state index in [0.717, 1.165) is 137 Å². The molecule has 0 amide bonds. The first-order valence-corrected chi connectivity index (χ1v) is 42.8. The highest BCUT2D eigenvalue weighted by Crippen LogP contribution is 2.40.